The quantitative estimate of drug-likeness (QED) is 0.854. The van der Waals surface area contributed by atoms with Crippen LogP contribution in [0.15, 0.2) is 11.1 Å². The first-order chi connectivity index (χ1) is 8.87. The van der Waals surface area contributed by atoms with Crippen molar-refractivity contribution in [2.45, 2.75) is 50.6 Å². The van der Waals surface area contributed by atoms with Crippen LogP contribution >= 0.6 is 0 Å². The smallest absolute Gasteiger partial charge is 0.248 e. The van der Waals surface area contributed by atoms with E-state index < -0.39 is 10.0 Å². The Morgan fingerprint density at radius 3 is 2.74 bits per heavy atom. The summed E-state index contributed by atoms with van der Waals surface area (Å²) in [5, 5.41) is 4.06. The zero-order chi connectivity index (χ0) is 14.2. The normalized spacial score (nSPS) is 17.9. The molecule has 0 bridgehead atoms. The van der Waals surface area contributed by atoms with E-state index in [0.717, 1.165) is 19.3 Å². The number of nitrogen functional groups attached to an aromatic ring is 1. The summed E-state index contributed by atoms with van der Waals surface area (Å²) in [5.74, 6) is 0.565. The van der Waals surface area contributed by atoms with Gasteiger partial charge in [0.2, 0.25) is 10.0 Å². The summed E-state index contributed by atoms with van der Waals surface area (Å²) < 4.78 is 28.1. The van der Waals surface area contributed by atoms with Crippen LogP contribution < -0.4 is 5.73 Å². The number of aromatic nitrogens is 2. The minimum Gasteiger partial charge on any atom is -0.381 e. The maximum absolute atomic E-state index is 12.5. The monoisotopic (exact) mass is 286 g/mol. The molecule has 0 amide bonds. The van der Waals surface area contributed by atoms with Gasteiger partial charge in [-0.1, -0.05) is 6.92 Å². The zero-order valence-electron chi connectivity index (χ0n) is 11.7. The van der Waals surface area contributed by atoms with Crippen LogP contribution in [0.5, 0.6) is 0 Å². The Kier molecular flexibility index (Phi) is 3.87. The Balaban J connectivity index is 2.27. The van der Waals surface area contributed by atoms with Gasteiger partial charge in [-0.15, -0.1) is 0 Å². The van der Waals surface area contributed by atoms with E-state index in [1.807, 2.05) is 13.8 Å². The average Bonchev–Trinajstić information content (AvgIpc) is 3.12. The van der Waals surface area contributed by atoms with Gasteiger partial charge in [0.15, 0.2) is 5.82 Å². The van der Waals surface area contributed by atoms with Gasteiger partial charge in [-0.05, 0) is 32.1 Å². The second-order valence-corrected chi connectivity index (χ2v) is 7.21. The molecule has 0 radical (unpaired) electrons. The van der Waals surface area contributed by atoms with Crippen LogP contribution in [0, 0.1) is 5.92 Å². The minimum atomic E-state index is -3.55. The molecule has 1 atom stereocenters. The fourth-order valence-corrected chi connectivity index (χ4v) is 3.69. The second-order valence-electron chi connectivity index (χ2n) is 5.24. The molecule has 6 nitrogen and oxygen atoms in total. The lowest BCUT2D eigenvalue weighted by molar-refractivity contribution is 0.357. The van der Waals surface area contributed by atoms with E-state index >= 15 is 0 Å². The van der Waals surface area contributed by atoms with Crippen molar-refractivity contribution >= 4 is 15.8 Å². The van der Waals surface area contributed by atoms with E-state index in [1.165, 1.54) is 10.5 Å². The van der Waals surface area contributed by atoms with Crippen molar-refractivity contribution < 1.29 is 8.42 Å². The van der Waals surface area contributed by atoms with Gasteiger partial charge in [0.1, 0.15) is 4.90 Å². The lowest BCUT2D eigenvalue weighted by atomic mass is 10.2. The topological polar surface area (TPSA) is 81.2 Å². The van der Waals surface area contributed by atoms with Crippen molar-refractivity contribution in [3.63, 3.8) is 0 Å². The van der Waals surface area contributed by atoms with E-state index in [2.05, 4.69) is 5.10 Å². The summed E-state index contributed by atoms with van der Waals surface area (Å²) in [4.78, 5) is 0.121. The molecule has 2 N–H and O–H groups in total. The van der Waals surface area contributed by atoms with Crippen LogP contribution in [-0.4, -0.2) is 35.6 Å². The van der Waals surface area contributed by atoms with Gasteiger partial charge in [0, 0.05) is 25.8 Å². The lowest BCUT2D eigenvalue weighted by Crippen LogP contribution is -2.36. The van der Waals surface area contributed by atoms with Crippen LogP contribution in [0.3, 0.4) is 0 Å². The molecule has 0 spiro atoms. The molecule has 1 saturated carbocycles. The third-order valence-corrected chi connectivity index (χ3v) is 5.70. The number of sulfonamides is 1. The largest absolute Gasteiger partial charge is 0.381 e. The number of hydrogen-bond acceptors (Lipinski definition) is 4. The van der Waals surface area contributed by atoms with Crippen LogP contribution in [0.25, 0.3) is 0 Å². The van der Waals surface area contributed by atoms with Gasteiger partial charge >= 0.3 is 0 Å². The van der Waals surface area contributed by atoms with E-state index in [1.54, 1.807) is 11.7 Å². The van der Waals surface area contributed by atoms with Gasteiger partial charge < -0.3 is 5.73 Å². The summed E-state index contributed by atoms with van der Waals surface area (Å²) in [6.45, 7) is 4.62. The van der Waals surface area contributed by atoms with Crippen LogP contribution in [0.2, 0.25) is 0 Å². The molecular weight excluding hydrogens is 264 g/mol. The summed E-state index contributed by atoms with van der Waals surface area (Å²) >= 11 is 0. The maximum Gasteiger partial charge on any atom is 0.248 e. The predicted molar refractivity (Wildman–Crippen MR) is 74.1 cm³/mol. The molecule has 1 aromatic heterocycles. The first-order valence-electron chi connectivity index (χ1n) is 6.69. The Hall–Kier alpha value is -1.08. The molecule has 0 aromatic carbocycles. The van der Waals surface area contributed by atoms with Crippen molar-refractivity contribution in [3.05, 3.63) is 6.20 Å². The zero-order valence-corrected chi connectivity index (χ0v) is 12.5. The molecular formula is C12H22N4O2S. The highest BCUT2D eigenvalue weighted by Crippen LogP contribution is 2.36. The molecule has 1 aliphatic rings. The highest BCUT2D eigenvalue weighted by molar-refractivity contribution is 7.89. The molecule has 1 unspecified atom stereocenters. The SMILES string of the molecule is CCCn1cc(S(=O)(=O)N(C)C(C)C2CC2)c(N)n1. The summed E-state index contributed by atoms with van der Waals surface area (Å²) in [6.07, 6.45) is 4.62. The Morgan fingerprint density at radius 2 is 2.21 bits per heavy atom. The van der Waals surface area contributed by atoms with Gasteiger partial charge in [-0.25, -0.2) is 8.42 Å². The first kappa shape index (κ1) is 14.3. The van der Waals surface area contributed by atoms with Crippen molar-refractivity contribution in [1.29, 1.82) is 0 Å². The van der Waals surface area contributed by atoms with Crippen molar-refractivity contribution in [2.24, 2.45) is 5.92 Å². The number of nitrogens with zero attached hydrogens (tertiary/aromatic N) is 3. The molecule has 0 aliphatic heterocycles. The number of nitrogens with two attached hydrogens (primary N) is 1. The highest BCUT2D eigenvalue weighted by atomic mass is 32.2. The summed E-state index contributed by atoms with van der Waals surface area (Å²) in [6, 6.07) is 0.0129. The molecule has 2 rings (SSSR count). The van der Waals surface area contributed by atoms with E-state index in [4.69, 9.17) is 5.73 Å². The molecule has 108 valence electrons. The lowest BCUT2D eigenvalue weighted by Gasteiger charge is -2.23. The van der Waals surface area contributed by atoms with Gasteiger partial charge in [0.05, 0.1) is 0 Å². The van der Waals surface area contributed by atoms with Crippen molar-refractivity contribution in [1.82, 2.24) is 14.1 Å². The molecule has 1 heterocycles. The van der Waals surface area contributed by atoms with Gasteiger partial charge in [0.25, 0.3) is 0 Å². The van der Waals surface area contributed by atoms with Crippen molar-refractivity contribution in [2.75, 3.05) is 12.8 Å². The molecule has 0 saturated heterocycles. The standard InChI is InChI=1S/C12H22N4O2S/c1-4-7-16-8-11(12(13)14-16)19(17,18)15(3)9(2)10-5-6-10/h8-10H,4-7H2,1-3H3,(H2,13,14). The fourth-order valence-electron chi connectivity index (χ4n) is 2.21. The van der Waals surface area contributed by atoms with Gasteiger partial charge in [-0.2, -0.15) is 9.40 Å². The number of hydrogen-bond donors (Lipinski definition) is 1. The maximum atomic E-state index is 12.5. The first-order valence-corrected chi connectivity index (χ1v) is 8.13. The third kappa shape index (κ3) is 2.76. The van der Waals surface area contributed by atoms with E-state index in [-0.39, 0.29) is 16.8 Å². The number of anilines is 1. The highest BCUT2D eigenvalue weighted by Gasteiger charge is 2.37. The van der Waals surface area contributed by atoms with E-state index in [0.29, 0.717) is 12.5 Å². The Bertz CT molecular complexity index is 548. The molecule has 1 fully saturated rings. The molecule has 1 aromatic rings. The van der Waals surface area contributed by atoms with Crippen LogP contribution in [0.1, 0.15) is 33.1 Å². The minimum absolute atomic E-state index is 0.0129. The van der Waals surface area contributed by atoms with E-state index in [9.17, 15) is 8.42 Å². The third-order valence-electron chi connectivity index (χ3n) is 3.74. The van der Waals surface area contributed by atoms with Crippen molar-refractivity contribution in [3.8, 4) is 0 Å². The Labute approximate surface area is 114 Å². The number of aryl methyl sites for hydroxylation is 1. The predicted octanol–water partition coefficient (Wildman–Crippen LogP) is 1.29. The average molecular weight is 286 g/mol. The van der Waals surface area contributed by atoms with Gasteiger partial charge in [-0.3, -0.25) is 4.68 Å². The fraction of sp³-hybridized carbons (Fsp3) is 0.750. The summed E-state index contributed by atoms with van der Waals surface area (Å²) in [5.41, 5.74) is 5.75. The van der Waals surface area contributed by atoms with Crippen LogP contribution in [0.4, 0.5) is 5.82 Å². The molecule has 7 heteroatoms. The summed E-state index contributed by atoms with van der Waals surface area (Å²) in [7, 11) is -1.93. The molecule has 19 heavy (non-hydrogen) atoms. The second kappa shape index (κ2) is 5.13. The molecule has 1 aliphatic carbocycles. The number of rotatable bonds is 6. The van der Waals surface area contributed by atoms with Crippen LogP contribution in [-0.2, 0) is 16.6 Å². The Morgan fingerprint density at radius 1 is 1.58 bits per heavy atom.